The number of amides is 1. The van der Waals surface area contributed by atoms with Crippen LogP contribution in [-0.2, 0) is 6.54 Å². The number of nitrogens with one attached hydrogen (secondary N) is 1. The molecule has 0 aliphatic rings. The van der Waals surface area contributed by atoms with Gasteiger partial charge in [-0.25, -0.2) is 0 Å². The highest BCUT2D eigenvalue weighted by atomic mass is 16.1. The number of hydrogen-bond acceptors (Lipinski definition) is 3. The number of carbonyl (C=O) groups excluding carboxylic acids is 1. The van der Waals surface area contributed by atoms with Crippen LogP contribution in [0.15, 0.2) is 67.0 Å². The summed E-state index contributed by atoms with van der Waals surface area (Å²) in [5.74, 6) is 0.354. The van der Waals surface area contributed by atoms with E-state index in [1.165, 1.54) is 0 Å². The lowest BCUT2D eigenvalue weighted by Crippen LogP contribution is -2.14. The minimum absolute atomic E-state index is 0.166. The Balaban J connectivity index is 1.54. The first kappa shape index (κ1) is 18.7. The smallest absolute Gasteiger partial charge is 0.258 e. The summed E-state index contributed by atoms with van der Waals surface area (Å²) in [5, 5.41) is 7.35. The number of benzene rings is 1. The summed E-state index contributed by atoms with van der Waals surface area (Å²) >= 11 is 0. The third kappa shape index (κ3) is 3.82. The molecule has 1 amide bonds. The zero-order valence-electron chi connectivity index (χ0n) is 16.8. The van der Waals surface area contributed by atoms with Crippen molar-refractivity contribution in [1.82, 2.24) is 19.3 Å². The fourth-order valence-corrected chi connectivity index (χ4v) is 3.54. The SMILES string of the molecule is Cc1ccccc1-n1c(C)cc(C(=O)Nc2ccn(Cc3ccccn3)n2)c1C. The van der Waals surface area contributed by atoms with Gasteiger partial charge in [0.05, 0.1) is 17.8 Å². The molecule has 3 heterocycles. The third-order valence-electron chi connectivity index (χ3n) is 4.96. The van der Waals surface area contributed by atoms with E-state index in [2.05, 4.69) is 39.0 Å². The lowest BCUT2D eigenvalue weighted by Gasteiger charge is -2.12. The number of hydrogen-bond donors (Lipinski definition) is 1. The van der Waals surface area contributed by atoms with Crippen molar-refractivity contribution < 1.29 is 4.79 Å². The van der Waals surface area contributed by atoms with Gasteiger partial charge in [0.2, 0.25) is 0 Å². The van der Waals surface area contributed by atoms with Gasteiger partial charge in [-0.1, -0.05) is 24.3 Å². The summed E-state index contributed by atoms with van der Waals surface area (Å²) in [7, 11) is 0. The van der Waals surface area contributed by atoms with Crippen LogP contribution < -0.4 is 5.32 Å². The van der Waals surface area contributed by atoms with Gasteiger partial charge in [0.15, 0.2) is 5.82 Å². The molecule has 0 saturated carbocycles. The molecule has 3 aromatic heterocycles. The predicted octanol–water partition coefficient (Wildman–Crippen LogP) is 4.29. The summed E-state index contributed by atoms with van der Waals surface area (Å²) in [6.45, 7) is 6.60. The summed E-state index contributed by atoms with van der Waals surface area (Å²) in [4.78, 5) is 17.2. The van der Waals surface area contributed by atoms with Crippen LogP contribution in [0.3, 0.4) is 0 Å². The molecule has 6 heteroatoms. The molecule has 0 radical (unpaired) electrons. The van der Waals surface area contributed by atoms with Gasteiger partial charge in [-0.05, 0) is 50.6 Å². The van der Waals surface area contributed by atoms with Gasteiger partial charge in [0.25, 0.3) is 5.91 Å². The second-order valence-corrected chi connectivity index (χ2v) is 7.08. The molecule has 1 N–H and O–H groups in total. The largest absolute Gasteiger partial charge is 0.317 e. The molecule has 4 aromatic rings. The predicted molar refractivity (Wildman–Crippen MR) is 113 cm³/mol. The maximum absolute atomic E-state index is 12.9. The van der Waals surface area contributed by atoms with E-state index in [0.717, 1.165) is 28.3 Å². The van der Waals surface area contributed by atoms with Gasteiger partial charge < -0.3 is 9.88 Å². The van der Waals surface area contributed by atoms with E-state index < -0.39 is 0 Å². The number of anilines is 1. The van der Waals surface area contributed by atoms with E-state index in [9.17, 15) is 4.79 Å². The Morgan fingerprint density at radius 2 is 1.83 bits per heavy atom. The van der Waals surface area contributed by atoms with Crippen molar-refractivity contribution in [2.24, 2.45) is 0 Å². The van der Waals surface area contributed by atoms with Crippen LogP contribution in [0.25, 0.3) is 5.69 Å². The topological polar surface area (TPSA) is 64.7 Å². The van der Waals surface area contributed by atoms with Crippen LogP contribution in [0.5, 0.6) is 0 Å². The molecule has 0 saturated heterocycles. The average Bonchev–Trinajstić information content (AvgIpc) is 3.27. The molecular formula is C23H23N5O. The van der Waals surface area contributed by atoms with Gasteiger partial charge in [-0.2, -0.15) is 5.10 Å². The molecular weight excluding hydrogens is 362 g/mol. The normalized spacial score (nSPS) is 10.9. The van der Waals surface area contributed by atoms with Gasteiger partial charge >= 0.3 is 0 Å². The molecule has 29 heavy (non-hydrogen) atoms. The van der Waals surface area contributed by atoms with Crippen LogP contribution in [0, 0.1) is 20.8 Å². The van der Waals surface area contributed by atoms with Crippen molar-refractivity contribution >= 4 is 11.7 Å². The Morgan fingerprint density at radius 1 is 1.03 bits per heavy atom. The Hall–Kier alpha value is -3.67. The van der Waals surface area contributed by atoms with E-state index in [1.807, 2.05) is 56.4 Å². The highest BCUT2D eigenvalue weighted by Crippen LogP contribution is 2.23. The molecule has 0 atom stereocenters. The standard InChI is InChI=1S/C23H23N5O/c1-16-8-4-5-10-21(16)28-17(2)14-20(18(28)3)23(29)25-22-11-13-27(26-22)15-19-9-6-7-12-24-19/h4-14H,15H2,1-3H3,(H,25,26,29). The highest BCUT2D eigenvalue weighted by molar-refractivity contribution is 6.05. The van der Waals surface area contributed by atoms with Crippen molar-refractivity contribution in [3.05, 3.63) is 95.2 Å². The van der Waals surface area contributed by atoms with Gasteiger partial charge in [0, 0.05) is 35.5 Å². The lowest BCUT2D eigenvalue weighted by molar-refractivity contribution is 0.102. The quantitative estimate of drug-likeness (QED) is 0.557. The van der Waals surface area contributed by atoms with Gasteiger partial charge in [-0.15, -0.1) is 0 Å². The molecule has 6 nitrogen and oxygen atoms in total. The van der Waals surface area contributed by atoms with Crippen LogP contribution in [0.1, 0.15) is 33.0 Å². The number of pyridine rings is 1. The maximum atomic E-state index is 12.9. The molecule has 0 aliphatic heterocycles. The first-order chi connectivity index (χ1) is 14.0. The number of aromatic nitrogens is 4. The second-order valence-electron chi connectivity index (χ2n) is 7.08. The van der Waals surface area contributed by atoms with Crippen LogP contribution in [0.2, 0.25) is 0 Å². The molecule has 0 unspecified atom stereocenters. The van der Waals surface area contributed by atoms with Crippen LogP contribution in [0.4, 0.5) is 5.82 Å². The Labute approximate surface area is 169 Å². The summed E-state index contributed by atoms with van der Waals surface area (Å²) in [6.07, 6.45) is 3.59. The molecule has 146 valence electrons. The Bertz CT molecular complexity index is 1160. The number of rotatable bonds is 5. The maximum Gasteiger partial charge on any atom is 0.258 e. The van der Waals surface area contributed by atoms with Crippen LogP contribution >= 0.6 is 0 Å². The lowest BCUT2D eigenvalue weighted by atomic mass is 10.2. The number of nitrogens with zero attached hydrogens (tertiary/aromatic N) is 4. The molecule has 0 aliphatic carbocycles. The first-order valence-electron chi connectivity index (χ1n) is 9.52. The Morgan fingerprint density at radius 3 is 2.59 bits per heavy atom. The van der Waals surface area contributed by atoms with Crippen molar-refractivity contribution in [2.45, 2.75) is 27.3 Å². The van der Waals surface area contributed by atoms with E-state index in [0.29, 0.717) is 17.9 Å². The summed E-state index contributed by atoms with van der Waals surface area (Å²) < 4.78 is 3.87. The third-order valence-corrected chi connectivity index (χ3v) is 4.96. The second kappa shape index (κ2) is 7.75. The number of carbonyl (C=O) groups is 1. The Kier molecular flexibility index (Phi) is 4.99. The molecule has 1 aromatic carbocycles. The molecule has 0 spiro atoms. The van der Waals surface area contributed by atoms with E-state index in [-0.39, 0.29) is 5.91 Å². The van der Waals surface area contributed by atoms with E-state index in [4.69, 9.17) is 0 Å². The van der Waals surface area contributed by atoms with Gasteiger partial charge in [-0.3, -0.25) is 14.5 Å². The summed E-state index contributed by atoms with van der Waals surface area (Å²) in [6, 6.07) is 17.6. The first-order valence-corrected chi connectivity index (χ1v) is 9.52. The molecule has 0 bridgehead atoms. The zero-order valence-corrected chi connectivity index (χ0v) is 16.8. The van der Waals surface area contributed by atoms with Gasteiger partial charge in [0.1, 0.15) is 0 Å². The number of para-hydroxylation sites is 1. The van der Waals surface area contributed by atoms with Crippen molar-refractivity contribution in [1.29, 1.82) is 0 Å². The fourth-order valence-electron chi connectivity index (χ4n) is 3.54. The van der Waals surface area contributed by atoms with Crippen molar-refractivity contribution in [2.75, 3.05) is 5.32 Å². The summed E-state index contributed by atoms with van der Waals surface area (Å²) in [5.41, 5.74) is 5.72. The highest BCUT2D eigenvalue weighted by Gasteiger charge is 2.18. The van der Waals surface area contributed by atoms with E-state index >= 15 is 0 Å². The monoisotopic (exact) mass is 385 g/mol. The molecule has 4 rings (SSSR count). The number of aryl methyl sites for hydroxylation is 2. The van der Waals surface area contributed by atoms with Crippen molar-refractivity contribution in [3.8, 4) is 5.69 Å². The van der Waals surface area contributed by atoms with Crippen molar-refractivity contribution in [3.63, 3.8) is 0 Å². The van der Waals surface area contributed by atoms with Crippen LogP contribution in [-0.4, -0.2) is 25.2 Å². The fraction of sp³-hybridized carbons (Fsp3) is 0.174. The van der Waals surface area contributed by atoms with E-state index in [1.54, 1.807) is 16.9 Å². The zero-order chi connectivity index (χ0) is 20.4. The average molecular weight is 385 g/mol. The molecule has 0 fully saturated rings. The minimum Gasteiger partial charge on any atom is -0.317 e. The minimum atomic E-state index is -0.166.